The van der Waals surface area contributed by atoms with Crippen molar-refractivity contribution in [3.05, 3.63) is 95.7 Å². The molecule has 1 heterocycles. The van der Waals surface area contributed by atoms with Gasteiger partial charge in [-0.05, 0) is 26.0 Å². The second kappa shape index (κ2) is 6.89. The fraction of sp³-hybridized carbons (Fsp3) is 0.0870. The lowest BCUT2D eigenvalue weighted by atomic mass is 10.0. The third-order valence-electron chi connectivity index (χ3n) is 4.19. The Bertz CT molecular complexity index is 1000. The van der Waals surface area contributed by atoms with E-state index < -0.39 is 0 Å². The first-order valence-corrected chi connectivity index (χ1v) is 8.57. The van der Waals surface area contributed by atoms with Crippen molar-refractivity contribution in [3.8, 4) is 22.6 Å². The van der Waals surface area contributed by atoms with Crippen LogP contribution in [0.4, 0.5) is 5.69 Å². The third-order valence-corrected chi connectivity index (χ3v) is 4.19. The maximum absolute atomic E-state index is 6.00. The van der Waals surface area contributed by atoms with Crippen LogP contribution < -0.4 is 5.75 Å². The van der Waals surface area contributed by atoms with Crippen LogP contribution in [0.25, 0.3) is 22.6 Å². The lowest BCUT2D eigenvalue weighted by molar-refractivity contribution is 0.376. The minimum absolute atomic E-state index is 0.238. The highest BCUT2D eigenvalue weighted by molar-refractivity contribution is 5.75. The molecule has 3 heteroatoms. The Morgan fingerprint density at radius 1 is 0.577 bits per heavy atom. The summed E-state index contributed by atoms with van der Waals surface area (Å²) in [5.74, 6) is 1.61. The van der Waals surface area contributed by atoms with Crippen molar-refractivity contribution in [3.63, 3.8) is 0 Å². The van der Waals surface area contributed by atoms with Gasteiger partial charge in [-0.3, -0.25) is 0 Å². The van der Waals surface area contributed by atoms with Gasteiger partial charge in [0.1, 0.15) is 0 Å². The van der Waals surface area contributed by atoms with Crippen LogP contribution in [-0.4, -0.2) is 0 Å². The monoisotopic (exact) mass is 341 g/mol. The molecule has 0 saturated carbocycles. The Hall–Kier alpha value is -3.33. The smallest absolute Gasteiger partial charge is 0.400 e. The molecule has 1 aromatic heterocycles. The third kappa shape index (κ3) is 3.38. The van der Waals surface area contributed by atoms with E-state index >= 15 is 0 Å². The molecule has 0 amide bonds. The van der Waals surface area contributed by atoms with E-state index in [0.717, 1.165) is 16.8 Å². The van der Waals surface area contributed by atoms with Gasteiger partial charge in [0.2, 0.25) is 0 Å². The molecule has 0 N–H and O–H groups in total. The Morgan fingerprint density at radius 3 is 1.50 bits per heavy atom. The topological polar surface area (TPSA) is 38.6 Å². The van der Waals surface area contributed by atoms with Crippen molar-refractivity contribution in [1.29, 1.82) is 0 Å². The van der Waals surface area contributed by atoms with Crippen molar-refractivity contribution in [2.75, 3.05) is 0 Å². The zero-order chi connectivity index (χ0) is 17.9. The molecule has 0 saturated heterocycles. The fourth-order valence-electron chi connectivity index (χ4n) is 2.73. The number of benzene rings is 3. The molecular weight excluding hydrogens is 322 g/mol. The van der Waals surface area contributed by atoms with Crippen molar-refractivity contribution in [2.45, 2.75) is 13.8 Å². The van der Waals surface area contributed by atoms with Gasteiger partial charge in [-0.25, -0.2) is 0 Å². The number of rotatable bonds is 3. The molecule has 0 unspecified atom stereocenters. The average Bonchev–Trinajstić information content (AvgIpc) is 3.07. The molecule has 128 valence electrons. The van der Waals surface area contributed by atoms with E-state index in [0.29, 0.717) is 11.5 Å². The Kier molecular flexibility index (Phi) is 4.28. The highest BCUT2D eigenvalue weighted by atomic mass is 16.5. The van der Waals surface area contributed by atoms with Gasteiger partial charge in [-0.2, -0.15) is 4.99 Å². The molecule has 3 nitrogen and oxygen atoms in total. The van der Waals surface area contributed by atoms with Crippen LogP contribution in [-0.2, 0) is 0 Å². The number of aryl methyl sites for hydroxylation is 2. The summed E-state index contributed by atoms with van der Waals surface area (Å²) < 4.78 is 12.0. The van der Waals surface area contributed by atoms with E-state index in [1.165, 1.54) is 11.1 Å². The van der Waals surface area contributed by atoms with Gasteiger partial charge >= 0.3 is 5.75 Å². The lowest BCUT2D eigenvalue weighted by Crippen LogP contribution is -1.91. The lowest BCUT2D eigenvalue weighted by Gasteiger charge is -2.01. The number of hydrogen-bond acceptors (Lipinski definition) is 3. The van der Waals surface area contributed by atoms with E-state index in [2.05, 4.69) is 43.1 Å². The molecule has 0 bridgehead atoms. The van der Waals surface area contributed by atoms with Gasteiger partial charge in [0.15, 0.2) is 11.5 Å². The highest BCUT2D eigenvalue weighted by Crippen LogP contribution is 2.32. The summed E-state index contributed by atoms with van der Waals surface area (Å²) in [6, 6.07) is 26.0. The van der Waals surface area contributed by atoms with Crippen LogP contribution in [0.1, 0.15) is 11.1 Å². The molecule has 26 heavy (non-hydrogen) atoms. The highest BCUT2D eigenvalue weighted by Gasteiger charge is 2.16. The summed E-state index contributed by atoms with van der Waals surface area (Å²) in [7, 11) is 0. The first-order chi connectivity index (χ1) is 12.7. The minimum atomic E-state index is 0.238. The van der Waals surface area contributed by atoms with Crippen LogP contribution in [0.5, 0.6) is 0 Å². The summed E-state index contributed by atoms with van der Waals surface area (Å²) in [5, 5.41) is 0. The molecule has 0 spiro atoms. The summed E-state index contributed by atoms with van der Waals surface area (Å²) >= 11 is 0. The summed E-state index contributed by atoms with van der Waals surface area (Å²) in [4.78, 5) is 4.48. The summed E-state index contributed by atoms with van der Waals surface area (Å²) in [5.41, 5.74) is 5.11. The second-order valence-electron chi connectivity index (χ2n) is 6.31. The predicted octanol–water partition coefficient (Wildman–Crippen LogP) is 6.06. The number of hydrogen-bond donors (Lipinski definition) is 0. The van der Waals surface area contributed by atoms with E-state index in [1.807, 2.05) is 54.6 Å². The van der Waals surface area contributed by atoms with Crippen LogP contribution in [0.15, 0.2) is 92.7 Å². The van der Waals surface area contributed by atoms with Crippen molar-refractivity contribution in [2.24, 2.45) is 4.99 Å². The van der Waals surface area contributed by atoms with E-state index in [9.17, 15) is 0 Å². The zero-order valence-electron chi connectivity index (χ0n) is 14.8. The van der Waals surface area contributed by atoms with Gasteiger partial charge in [0.05, 0.1) is 5.69 Å². The van der Waals surface area contributed by atoms with Gasteiger partial charge in [-0.1, -0.05) is 77.9 Å². The van der Waals surface area contributed by atoms with Gasteiger partial charge in [0.25, 0.3) is 0 Å². The Morgan fingerprint density at radius 2 is 1.04 bits per heavy atom. The largest absolute Gasteiger partial charge is 0.406 e. The maximum atomic E-state index is 6.00. The molecule has 0 radical (unpaired) electrons. The van der Waals surface area contributed by atoms with E-state index in [4.69, 9.17) is 8.83 Å². The van der Waals surface area contributed by atoms with Gasteiger partial charge in [-0.15, -0.1) is 0 Å². The van der Waals surface area contributed by atoms with Crippen LogP contribution in [0, 0.1) is 13.8 Å². The van der Waals surface area contributed by atoms with Crippen molar-refractivity contribution in [1.82, 2.24) is 0 Å². The molecule has 0 aliphatic rings. The van der Waals surface area contributed by atoms with Crippen molar-refractivity contribution < 1.29 is 8.83 Å². The normalized spacial score (nSPS) is 10.7. The van der Waals surface area contributed by atoms with Gasteiger partial charge in [0, 0.05) is 11.1 Å². The molecule has 4 aromatic rings. The van der Waals surface area contributed by atoms with E-state index in [1.54, 1.807) is 0 Å². The molecule has 4 rings (SSSR count). The maximum Gasteiger partial charge on any atom is 0.400 e. The standard InChI is InChI=1S/C23H19NO2/c1-16-8-12-18(13-9-16)21-22(19-14-10-17(2)11-15-19)26-23(25-21)24-20-6-4-3-5-7-20/h3-15H,1-2H3. The first kappa shape index (κ1) is 16.2. The Balaban J connectivity index is 1.89. The molecule has 0 atom stereocenters. The summed E-state index contributed by atoms with van der Waals surface area (Å²) in [6.07, 6.45) is 0. The fourth-order valence-corrected chi connectivity index (χ4v) is 2.73. The minimum Gasteiger partial charge on any atom is -0.406 e. The number of para-hydroxylation sites is 1. The molecule has 0 fully saturated rings. The Labute approximate surface area is 152 Å². The van der Waals surface area contributed by atoms with Crippen molar-refractivity contribution >= 4 is 5.69 Å². The molecule has 3 aromatic carbocycles. The van der Waals surface area contributed by atoms with Crippen LogP contribution >= 0.6 is 0 Å². The molecule has 0 aliphatic heterocycles. The van der Waals surface area contributed by atoms with Crippen LogP contribution in [0.3, 0.4) is 0 Å². The predicted molar refractivity (Wildman–Crippen MR) is 103 cm³/mol. The van der Waals surface area contributed by atoms with Gasteiger partial charge < -0.3 is 8.83 Å². The average molecular weight is 341 g/mol. The molecule has 0 aliphatic carbocycles. The zero-order valence-corrected chi connectivity index (χ0v) is 14.8. The molecular formula is C23H19NO2. The van der Waals surface area contributed by atoms with E-state index in [-0.39, 0.29) is 5.75 Å². The quantitative estimate of drug-likeness (QED) is 0.454. The summed E-state index contributed by atoms with van der Waals surface area (Å²) in [6.45, 7) is 4.13. The number of nitrogens with zero attached hydrogens (tertiary/aromatic N) is 1. The first-order valence-electron chi connectivity index (χ1n) is 8.57. The SMILES string of the molecule is Cc1ccc(-c2oc(=Nc3ccccc3)oc2-c2ccc(C)cc2)cc1. The second-order valence-corrected chi connectivity index (χ2v) is 6.31. The van der Waals surface area contributed by atoms with Crippen LogP contribution in [0.2, 0.25) is 0 Å².